The number of carboxylic acid groups (broad SMARTS) is 1. The summed E-state index contributed by atoms with van der Waals surface area (Å²) in [6, 6.07) is 15.5. The first-order chi connectivity index (χ1) is 17.4. The van der Waals surface area contributed by atoms with Gasteiger partial charge in [0.15, 0.2) is 5.78 Å². The van der Waals surface area contributed by atoms with Crippen LogP contribution < -0.4 is 10.1 Å². The molecule has 4 rings (SSSR count). The van der Waals surface area contributed by atoms with Gasteiger partial charge in [-0.2, -0.15) is 0 Å². The molecule has 2 aromatic rings. The Kier molecular flexibility index (Phi) is 8.44. The summed E-state index contributed by atoms with van der Waals surface area (Å²) in [6.07, 6.45) is 7.59. The predicted molar refractivity (Wildman–Crippen MR) is 138 cm³/mol. The van der Waals surface area contributed by atoms with Crippen molar-refractivity contribution in [3.05, 3.63) is 65.2 Å². The van der Waals surface area contributed by atoms with Gasteiger partial charge in [0.1, 0.15) is 5.75 Å². The third kappa shape index (κ3) is 6.15. The fourth-order valence-corrected chi connectivity index (χ4v) is 5.60. The van der Waals surface area contributed by atoms with E-state index in [-0.39, 0.29) is 23.7 Å². The highest BCUT2D eigenvalue weighted by molar-refractivity contribution is 5.96. The smallest absolute Gasteiger partial charge is 0.306 e. The van der Waals surface area contributed by atoms with Crippen LogP contribution >= 0.6 is 0 Å². The average molecular weight is 492 g/mol. The summed E-state index contributed by atoms with van der Waals surface area (Å²) in [4.78, 5) is 36.9. The molecular formula is C30H37NO5. The van der Waals surface area contributed by atoms with Crippen molar-refractivity contribution in [2.75, 3.05) is 6.54 Å². The first-order valence-electron chi connectivity index (χ1n) is 13.3. The van der Waals surface area contributed by atoms with Crippen molar-refractivity contribution in [2.24, 2.45) is 5.92 Å². The van der Waals surface area contributed by atoms with Crippen LogP contribution in [-0.2, 0) is 15.0 Å². The standard InChI is InChI=1S/C30H37NO5/c1-21-6-12-24(13-7-21)30(18-2-3-19-30)29(35)31-20-4-5-27(32)22-8-14-25(15-9-22)36-26-16-10-23(11-17-26)28(33)34/h6-9,12-15,23,26H,2-5,10-11,16-20H2,1H3,(H,31,35)(H,33,34). The van der Waals surface area contributed by atoms with Crippen molar-refractivity contribution >= 4 is 17.7 Å². The summed E-state index contributed by atoms with van der Waals surface area (Å²) >= 11 is 0. The second-order valence-corrected chi connectivity index (χ2v) is 10.4. The molecule has 0 heterocycles. The Morgan fingerprint density at radius 3 is 2.19 bits per heavy atom. The molecule has 2 fully saturated rings. The van der Waals surface area contributed by atoms with Crippen molar-refractivity contribution in [3.63, 3.8) is 0 Å². The van der Waals surface area contributed by atoms with E-state index in [1.807, 2.05) is 12.1 Å². The van der Waals surface area contributed by atoms with E-state index in [4.69, 9.17) is 9.84 Å². The maximum Gasteiger partial charge on any atom is 0.306 e. The number of benzene rings is 2. The van der Waals surface area contributed by atoms with Gasteiger partial charge < -0.3 is 15.2 Å². The Hall–Kier alpha value is -3.15. The molecule has 0 spiro atoms. The number of ether oxygens (including phenoxy) is 1. The third-order valence-corrected chi connectivity index (χ3v) is 7.86. The van der Waals surface area contributed by atoms with Crippen LogP contribution in [0.25, 0.3) is 0 Å². The van der Waals surface area contributed by atoms with Crippen molar-refractivity contribution < 1.29 is 24.2 Å². The molecule has 0 saturated heterocycles. The maximum absolute atomic E-state index is 13.2. The lowest BCUT2D eigenvalue weighted by molar-refractivity contribution is -0.143. The Balaban J connectivity index is 1.22. The molecule has 2 aliphatic rings. The Morgan fingerprint density at radius 2 is 1.58 bits per heavy atom. The lowest BCUT2D eigenvalue weighted by atomic mass is 9.77. The summed E-state index contributed by atoms with van der Waals surface area (Å²) in [5.74, 6) is -0.154. The van der Waals surface area contributed by atoms with Crippen LogP contribution in [0.1, 0.15) is 85.7 Å². The average Bonchev–Trinajstić information content (AvgIpc) is 3.39. The van der Waals surface area contributed by atoms with Gasteiger partial charge in [-0.25, -0.2) is 0 Å². The highest BCUT2D eigenvalue weighted by Gasteiger charge is 2.42. The molecule has 6 heteroatoms. The zero-order valence-electron chi connectivity index (χ0n) is 21.1. The molecule has 6 nitrogen and oxygen atoms in total. The van der Waals surface area contributed by atoms with Gasteiger partial charge in [-0.05, 0) is 81.7 Å². The fraction of sp³-hybridized carbons (Fsp3) is 0.500. The van der Waals surface area contributed by atoms with E-state index in [1.54, 1.807) is 12.1 Å². The number of rotatable bonds is 10. The second kappa shape index (κ2) is 11.7. The van der Waals surface area contributed by atoms with Crippen LogP contribution in [-0.4, -0.2) is 35.4 Å². The number of carbonyl (C=O) groups excluding carboxylic acids is 2. The molecule has 0 radical (unpaired) electrons. The highest BCUT2D eigenvalue weighted by atomic mass is 16.5. The van der Waals surface area contributed by atoms with E-state index in [2.05, 4.69) is 36.5 Å². The fourth-order valence-electron chi connectivity index (χ4n) is 5.60. The van der Waals surface area contributed by atoms with E-state index in [0.717, 1.165) is 44.1 Å². The molecule has 0 aromatic heterocycles. The first-order valence-corrected chi connectivity index (χ1v) is 13.3. The van der Waals surface area contributed by atoms with E-state index in [1.165, 1.54) is 5.56 Å². The van der Waals surface area contributed by atoms with Crippen LogP contribution in [0.15, 0.2) is 48.5 Å². The zero-order chi connectivity index (χ0) is 25.5. The number of aliphatic carboxylic acids is 1. The molecule has 2 aliphatic carbocycles. The number of hydrogen-bond acceptors (Lipinski definition) is 4. The van der Waals surface area contributed by atoms with Gasteiger partial charge in [0, 0.05) is 18.5 Å². The van der Waals surface area contributed by atoms with Crippen molar-refractivity contribution in [1.29, 1.82) is 0 Å². The van der Waals surface area contributed by atoms with Crippen LogP contribution in [0.4, 0.5) is 0 Å². The molecular weight excluding hydrogens is 454 g/mol. The number of aryl methyl sites for hydroxylation is 1. The van der Waals surface area contributed by atoms with Crippen molar-refractivity contribution in [3.8, 4) is 5.75 Å². The minimum absolute atomic E-state index is 0.0221. The second-order valence-electron chi connectivity index (χ2n) is 10.4. The normalized spacial score (nSPS) is 21.0. The van der Waals surface area contributed by atoms with Gasteiger partial charge >= 0.3 is 5.97 Å². The quantitative estimate of drug-likeness (QED) is 0.333. The maximum atomic E-state index is 13.2. The monoisotopic (exact) mass is 491 g/mol. The minimum atomic E-state index is -0.722. The molecule has 0 bridgehead atoms. The van der Waals surface area contributed by atoms with Crippen LogP contribution in [0.5, 0.6) is 5.75 Å². The highest BCUT2D eigenvalue weighted by Crippen LogP contribution is 2.41. The lowest BCUT2D eigenvalue weighted by Gasteiger charge is -2.28. The number of ketones is 1. The number of nitrogens with one attached hydrogen (secondary N) is 1. The molecule has 2 N–H and O–H groups in total. The summed E-state index contributed by atoms with van der Waals surface area (Å²) < 4.78 is 5.99. The molecule has 2 aromatic carbocycles. The van der Waals surface area contributed by atoms with Crippen LogP contribution in [0.2, 0.25) is 0 Å². The molecule has 192 valence electrons. The van der Waals surface area contributed by atoms with E-state index < -0.39 is 11.4 Å². The van der Waals surface area contributed by atoms with Crippen molar-refractivity contribution in [2.45, 2.75) is 82.7 Å². The van der Waals surface area contributed by atoms with Gasteiger partial charge in [0.05, 0.1) is 17.4 Å². The number of hydrogen-bond donors (Lipinski definition) is 2. The molecule has 0 aliphatic heterocycles. The lowest BCUT2D eigenvalue weighted by Crippen LogP contribution is -2.43. The molecule has 36 heavy (non-hydrogen) atoms. The predicted octanol–water partition coefficient (Wildman–Crippen LogP) is 5.61. The van der Waals surface area contributed by atoms with E-state index >= 15 is 0 Å². The molecule has 1 amide bonds. The molecule has 0 unspecified atom stereocenters. The van der Waals surface area contributed by atoms with Gasteiger partial charge in [0.2, 0.25) is 5.91 Å². The molecule has 0 atom stereocenters. The van der Waals surface area contributed by atoms with Gasteiger partial charge in [0.25, 0.3) is 0 Å². The Morgan fingerprint density at radius 1 is 0.944 bits per heavy atom. The largest absolute Gasteiger partial charge is 0.490 e. The number of amides is 1. The Labute approximate surface area is 213 Å². The number of Topliss-reactive ketones (excluding diaryl/α,β-unsaturated/α-hetero) is 1. The number of carbonyl (C=O) groups is 3. The summed E-state index contributed by atoms with van der Waals surface area (Å²) in [5.41, 5.74) is 2.47. The summed E-state index contributed by atoms with van der Waals surface area (Å²) in [7, 11) is 0. The van der Waals surface area contributed by atoms with E-state index in [0.29, 0.717) is 43.5 Å². The van der Waals surface area contributed by atoms with Crippen molar-refractivity contribution in [1.82, 2.24) is 5.32 Å². The van der Waals surface area contributed by atoms with Crippen LogP contribution in [0.3, 0.4) is 0 Å². The summed E-state index contributed by atoms with van der Waals surface area (Å²) in [6.45, 7) is 2.54. The van der Waals surface area contributed by atoms with Crippen LogP contribution in [0, 0.1) is 12.8 Å². The third-order valence-electron chi connectivity index (χ3n) is 7.86. The topological polar surface area (TPSA) is 92.7 Å². The first kappa shape index (κ1) is 25.9. The summed E-state index contributed by atoms with van der Waals surface area (Å²) in [5, 5.41) is 12.2. The van der Waals surface area contributed by atoms with Gasteiger partial charge in [-0.1, -0.05) is 42.7 Å². The van der Waals surface area contributed by atoms with E-state index in [9.17, 15) is 14.4 Å². The minimum Gasteiger partial charge on any atom is -0.490 e. The van der Waals surface area contributed by atoms with Gasteiger partial charge in [-0.15, -0.1) is 0 Å². The Bertz CT molecular complexity index is 1050. The van der Waals surface area contributed by atoms with Gasteiger partial charge in [-0.3, -0.25) is 14.4 Å². The SMILES string of the molecule is Cc1ccc(C2(C(=O)NCCCC(=O)c3ccc(OC4CCC(C(=O)O)CC4)cc3)CCCC2)cc1. The molecule has 2 saturated carbocycles. The zero-order valence-corrected chi connectivity index (χ0v) is 21.1. The number of carboxylic acids is 1.